The molecule has 0 saturated carbocycles. The first-order valence-corrected chi connectivity index (χ1v) is 10.5. The quantitative estimate of drug-likeness (QED) is 0.604. The minimum absolute atomic E-state index is 0.0379. The van der Waals surface area contributed by atoms with Gasteiger partial charge in [0.2, 0.25) is 0 Å². The highest BCUT2D eigenvalue weighted by Gasteiger charge is 2.57. The maximum absolute atomic E-state index is 14.2. The summed E-state index contributed by atoms with van der Waals surface area (Å²) in [5, 5.41) is 14.0. The smallest absolute Gasteiger partial charge is 0.417 e. The van der Waals surface area contributed by atoms with Gasteiger partial charge < -0.3 is 15.2 Å². The van der Waals surface area contributed by atoms with Crippen molar-refractivity contribution in [3.05, 3.63) is 59.2 Å². The van der Waals surface area contributed by atoms with Gasteiger partial charge in [-0.15, -0.1) is 0 Å². The molecule has 3 unspecified atom stereocenters. The molecule has 0 spiro atoms. The molecule has 4 nitrogen and oxygen atoms in total. The van der Waals surface area contributed by atoms with E-state index in [1.165, 1.54) is 25.3 Å². The zero-order chi connectivity index (χ0) is 23.9. The van der Waals surface area contributed by atoms with Gasteiger partial charge in [-0.3, -0.25) is 0 Å². The van der Waals surface area contributed by atoms with E-state index in [0.717, 1.165) is 0 Å². The molecule has 32 heavy (non-hydrogen) atoms. The summed E-state index contributed by atoms with van der Waals surface area (Å²) in [6.45, 7) is 7.15. The number of rotatable bonds is 5. The number of nitrogens with zero attached hydrogens (tertiary/aromatic N) is 1. The maximum Gasteiger partial charge on any atom is 0.417 e. The van der Waals surface area contributed by atoms with E-state index in [4.69, 9.17) is 4.74 Å². The predicted molar refractivity (Wildman–Crippen MR) is 116 cm³/mol. The lowest BCUT2D eigenvalue weighted by Gasteiger charge is -2.43. The Morgan fingerprint density at radius 3 is 2.59 bits per heavy atom. The van der Waals surface area contributed by atoms with E-state index in [-0.39, 0.29) is 11.6 Å². The highest BCUT2D eigenvalue weighted by atomic mass is 19.4. The van der Waals surface area contributed by atoms with Crippen molar-refractivity contribution < 1.29 is 27.4 Å². The van der Waals surface area contributed by atoms with Crippen molar-refractivity contribution in [1.29, 1.82) is 0 Å². The number of alkyl halides is 3. The van der Waals surface area contributed by atoms with Gasteiger partial charge in [-0.05, 0) is 55.0 Å². The molecule has 3 atom stereocenters. The van der Waals surface area contributed by atoms with Gasteiger partial charge in [0.25, 0.3) is 0 Å². The first-order chi connectivity index (χ1) is 14.7. The Labute approximate surface area is 186 Å². The second-order valence-corrected chi connectivity index (χ2v) is 9.65. The van der Waals surface area contributed by atoms with E-state index in [0.29, 0.717) is 23.6 Å². The van der Waals surface area contributed by atoms with Crippen molar-refractivity contribution in [2.24, 2.45) is 16.3 Å². The van der Waals surface area contributed by atoms with E-state index >= 15 is 0 Å². The first kappa shape index (κ1) is 24.3. The topological polar surface area (TPSA) is 53.8 Å². The Bertz CT molecular complexity index is 967. The number of aliphatic hydroxyl groups is 1. The molecule has 0 radical (unpaired) electrons. The van der Waals surface area contributed by atoms with Gasteiger partial charge >= 0.3 is 6.18 Å². The van der Waals surface area contributed by atoms with Crippen LogP contribution in [0.2, 0.25) is 0 Å². The zero-order valence-electron chi connectivity index (χ0n) is 19.0. The third kappa shape index (κ3) is 4.42. The molecule has 1 aromatic carbocycles. The van der Waals surface area contributed by atoms with E-state index in [1.807, 2.05) is 13.0 Å². The van der Waals surface area contributed by atoms with Gasteiger partial charge in [-0.25, -0.2) is 9.38 Å². The number of aliphatic imine (C=N–C) groups is 1. The van der Waals surface area contributed by atoms with E-state index in [9.17, 15) is 22.7 Å². The summed E-state index contributed by atoms with van der Waals surface area (Å²) in [6, 6.07) is 4.05. The zero-order valence-corrected chi connectivity index (χ0v) is 19.0. The molecular weight excluding hydrogens is 424 g/mol. The van der Waals surface area contributed by atoms with Gasteiger partial charge in [0.05, 0.1) is 12.5 Å². The number of hydrogen-bond acceptors (Lipinski definition) is 4. The Balaban J connectivity index is 1.96. The molecule has 0 aliphatic carbocycles. The van der Waals surface area contributed by atoms with Crippen molar-refractivity contribution in [2.75, 3.05) is 13.7 Å². The van der Waals surface area contributed by atoms with Crippen LogP contribution < -0.4 is 5.32 Å². The van der Waals surface area contributed by atoms with Crippen LogP contribution in [0.1, 0.15) is 44.7 Å². The normalized spacial score (nSPS) is 25.2. The molecule has 0 fully saturated rings. The van der Waals surface area contributed by atoms with Crippen molar-refractivity contribution >= 4 is 5.90 Å². The molecule has 0 amide bonds. The van der Waals surface area contributed by atoms with Crippen molar-refractivity contribution in [2.45, 2.75) is 57.7 Å². The van der Waals surface area contributed by atoms with Gasteiger partial charge in [0, 0.05) is 30.8 Å². The second kappa shape index (κ2) is 8.21. The molecule has 176 valence electrons. The molecule has 2 N–H and O–H groups in total. The van der Waals surface area contributed by atoms with Gasteiger partial charge in [-0.1, -0.05) is 26.0 Å². The molecule has 3 rings (SSSR count). The fourth-order valence-corrected chi connectivity index (χ4v) is 4.93. The van der Waals surface area contributed by atoms with Crippen LogP contribution in [0.5, 0.6) is 0 Å². The summed E-state index contributed by atoms with van der Waals surface area (Å²) in [7, 11) is 1.48. The number of halogens is 4. The highest BCUT2D eigenvalue weighted by Crippen LogP contribution is 2.46. The standard InChI is InChI=1S/C24H30F4N2O2/c1-15-6-7-17(25)10-19(15)21(2,3)14-23(31,24(26,27)28)12-18-11-22(4)16(13-30-18)8-9-29-20(22)32-5/h6-11,16,30-31H,12-14H2,1-5H3. The largest absolute Gasteiger partial charge is 0.483 e. The molecule has 0 bridgehead atoms. The second-order valence-electron chi connectivity index (χ2n) is 9.65. The van der Waals surface area contributed by atoms with Crippen LogP contribution >= 0.6 is 0 Å². The summed E-state index contributed by atoms with van der Waals surface area (Å²) in [5.41, 5.74) is -3.50. The Morgan fingerprint density at radius 2 is 1.97 bits per heavy atom. The molecule has 2 aliphatic rings. The minimum Gasteiger partial charge on any atom is -0.483 e. The van der Waals surface area contributed by atoms with Crippen molar-refractivity contribution in [3.8, 4) is 0 Å². The monoisotopic (exact) mass is 454 g/mol. The van der Waals surface area contributed by atoms with Crippen LogP contribution in [0.15, 0.2) is 47.2 Å². The average molecular weight is 455 g/mol. The third-order valence-electron chi connectivity index (χ3n) is 6.63. The van der Waals surface area contributed by atoms with Gasteiger partial charge in [-0.2, -0.15) is 13.2 Å². The summed E-state index contributed by atoms with van der Waals surface area (Å²) in [4.78, 5) is 4.22. The number of benzene rings is 1. The Hall–Kier alpha value is -2.35. The number of methoxy groups -OCH3 is 1. The van der Waals surface area contributed by atoms with Crippen LogP contribution in [0, 0.1) is 24.1 Å². The number of hydrogen-bond donors (Lipinski definition) is 2. The number of nitrogens with one attached hydrogen (secondary N) is 1. The molecule has 0 aromatic heterocycles. The number of ether oxygens (including phenoxy) is 1. The van der Waals surface area contributed by atoms with Crippen LogP contribution in [-0.2, 0) is 10.2 Å². The van der Waals surface area contributed by atoms with Crippen molar-refractivity contribution in [3.63, 3.8) is 0 Å². The minimum atomic E-state index is -4.89. The van der Waals surface area contributed by atoms with Crippen LogP contribution in [0.4, 0.5) is 17.6 Å². The number of aryl methyl sites for hydroxylation is 1. The van der Waals surface area contributed by atoms with E-state index < -0.39 is 41.3 Å². The molecule has 1 aromatic rings. The van der Waals surface area contributed by atoms with E-state index in [2.05, 4.69) is 10.3 Å². The fourth-order valence-electron chi connectivity index (χ4n) is 4.93. The van der Waals surface area contributed by atoms with Gasteiger partial charge in [0.1, 0.15) is 5.82 Å². The lowest BCUT2D eigenvalue weighted by Crippen LogP contribution is -2.52. The third-order valence-corrected chi connectivity index (χ3v) is 6.63. The lowest BCUT2D eigenvalue weighted by atomic mass is 9.70. The Kier molecular flexibility index (Phi) is 6.23. The summed E-state index contributed by atoms with van der Waals surface area (Å²) in [6.07, 6.45) is -0.994. The Morgan fingerprint density at radius 1 is 1.28 bits per heavy atom. The molecular formula is C24H30F4N2O2. The maximum atomic E-state index is 14.2. The summed E-state index contributed by atoms with van der Waals surface area (Å²) >= 11 is 0. The molecule has 2 heterocycles. The molecule has 8 heteroatoms. The average Bonchev–Trinajstić information content (AvgIpc) is 2.67. The first-order valence-electron chi connectivity index (χ1n) is 10.5. The van der Waals surface area contributed by atoms with Crippen LogP contribution in [-0.4, -0.2) is 36.4 Å². The highest BCUT2D eigenvalue weighted by molar-refractivity contribution is 5.86. The van der Waals surface area contributed by atoms with Crippen molar-refractivity contribution in [1.82, 2.24) is 5.32 Å². The van der Waals surface area contributed by atoms with E-state index in [1.54, 1.807) is 33.0 Å². The summed E-state index contributed by atoms with van der Waals surface area (Å²) < 4.78 is 61.9. The fraction of sp³-hybridized carbons (Fsp3) is 0.542. The molecule has 0 saturated heterocycles. The van der Waals surface area contributed by atoms with Crippen LogP contribution in [0.25, 0.3) is 0 Å². The lowest BCUT2D eigenvalue weighted by molar-refractivity contribution is -0.266. The SMILES string of the molecule is COC1=NC=CC2CNC(CC(O)(CC(C)(C)c3cc(F)ccc3C)C(F)(F)F)=CC12C. The predicted octanol–water partition coefficient (Wildman–Crippen LogP) is 5.17. The van der Waals surface area contributed by atoms with Crippen LogP contribution in [0.3, 0.4) is 0 Å². The summed E-state index contributed by atoms with van der Waals surface area (Å²) in [5.74, 6) is -0.152. The molecule has 2 aliphatic heterocycles. The van der Waals surface area contributed by atoms with Gasteiger partial charge in [0.15, 0.2) is 11.5 Å². The number of fused-ring (bicyclic) bond motifs is 1.